The Hall–Kier alpha value is -3.62. The maximum absolute atomic E-state index is 15.1. The minimum Gasteiger partial charge on any atom is -0.453 e. The molecule has 0 spiro atoms. The number of benzene rings is 2. The number of anilines is 2. The highest BCUT2D eigenvalue weighted by atomic mass is 19.1. The lowest BCUT2D eigenvalue weighted by atomic mass is 9.95. The van der Waals surface area contributed by atoms with Gasteiger partial charge in [0, 0.05) is 16.4 Å². The molecule has 2 amide bonds. The van der Waals surface area contributed by atoms with E-state index < -0.39 is 62.4 Å². The number of carbonyl (C=O) groups excluding carboxylic acids is 2. The van der Waals surface area contributed by atoms with Crippen LogP contribution in [0.1, 0.15) is 41.5 Å². The molecule has 0 unspecified atom stereocenters. The fraction of sp³-hybridized carbons (Fsp3) is 0.320. The molecule has 6 nitrogen and oxygen atoms in total. The minimum absolute atomic E-state index is 0.104. The van der Waals surface area contributed by atoms with Crippen molar-refractivity contribution in [2.24, 2.45) is 10.8 Å². The zero-order chi connectivity index (χ0) is 25.6. The molecule has 0 aliphatic carbocycles. The molecular formula is C25H25F3N2O4. The molecule has 9 heteroatoms. The molecule has 0 fully saturated rings. The van der Waals surface area contributed by atoms with Crippen LogP contribution in [0, 0.1) is 28.3 Å². The lowest BCUT2D eigenvalue weighted by molar-refractivity contribution is -0.123. The van der Waals surface area contributed by atoms with Crippen LogP contribution < -0.4 is 16.1 Å². The van der Waals surface area contributed by atoms with Gasteiger partial charge >= 0.3 is 0 Å². The van der Waals surface area contributed by atoms with Crippen LogP contribution in [0.25, 0.3) is 22.3 Å². The topological polar surface area (TPSA) is 88.4 Å². The monoisotopic (exact) mass is 474 g/mol. The SMILES string of the molecule is CC(C)(C)C(=O)Nc1ccc(-c2oc3ccc(F)c(NC(=O)C(C)(C)C)c3c(=O)c2F)cc1F. The molecule has 3 rings (SSSR count). The second-order valence-corrected chi connectivity index (χ2v) is 9.97. The maximum atomic E-state index is 15.1. The summed E-state index contributed by atoms with van der Waals surface area (Å²) in [6, 6.07) is 5.50. The normalized spacial score (nSPS) is 12.0. The summed E-state index contributed by atoms with van der Waals surface area (Å²) in [7, 11) is 0. The van der Waals surface area contributed by atoms with Gasteiger partial charge in [0.05, 0.1) is 16.8 Å². The first-order chi connectivity index (χ1) is 15.6. The second kappa shape index (κ2) is 8.62. The number of fused-ring (bicyclic) bond motifs is 1. The van der Waals surface area contributed by atoms with Crippen molar-refractivity contribution in [3.05, 3.63) is 58.0 Å². The highest BCUT2D eigenvalue weighted by molar-refractivity contribution is 6.02. The van der Waals surface area contributed by atoms with Crippen molar-refractivity contribution in [3.8, 4) is 11.3 Å². The average Bonchev–Trinajstić information content (AvgIpc) is 2.72. The van der Waals surface area contributed by atoms with E-state index in [4.69, 9.17) is 4.42 Å². The number of nitrogens with one attached hydrogen (secondary N) is 2. The summed E-state index contributed by atoms with van der Waals surface area (Å²) in [5, 5.41) is 4.29. The van der Waals surface area contributed by atoms with E-state index in [1.807, 2.05) is 0 Å². The first kappa shape index (κ1) is 25.0. The van der Waals surface area contributed by atoms with Gasteiger partial charge < -0.3 is 15.1 Å². The lowest BCUT2D eigenvalue weighted by Crippen LogP contribution is -2.28. The predicted molar refractivity (Wildman–Crippen MR) is 124 cm³/mol. The molecule has 2 aromatic carbocycles. The summed E-state index contributed by atoms with van der Waals surface area (Å²) in [4.78, 5) is 37.3. The smallest absolute Gasteiger partial charge is 0.231 e. The molecule has 0 aliphatic heterocycles. The third-order valence-corrected chi connectivity index (χ3v) is 5.03. The molecule has 0 atom stereocenters. The molecule has 0 bridgehead atoms. The summed E-state index contributed by atoms with van der Waals surface area (Å²) in [5.74, 6) is -4.75. The summed E-state index contributed by atoms with van der Waals surface area (Å²) >= 11 is 0. The first-order valence-electron chi connectivity index (χ1n) is 10.5. The van der Waals surface area contributed by atoms with Crippen molar-refractivity contribution in [1.82, 2.24) is 0 Å². The van der Waals surface area contributed by atoms with Crippen molar-refractivity contribution in [2.75, 3.05) is 10.6 Å². The zero-order valence-corrected chi connectivity index (χ0v) is 19.7. The Morgan fingerprint density at radius 2 is 1.41 bits per heavy atom. The van der Waals surface area contributed by atoms with Crippen molar-refractivity contribution < 1.29 is 27.2 Å². The Kier molecular flexibility index (Phi) is 6.34. The van der Waals surface area contributed by atoms with E-state index in [1.54, 1.807) is 41.5 Å². The highest BCUT2D eigenvalue weighted by Crippen LogP contribution is 2.32. The standard InChI is InChI=1S/C25H25F3N2O4/c1-24(2,3)22(32)29-15-9-7-12(11-14(15)27)21-18(28)20(31)17-16(34-21)10-8-13(26)19(17)30-23(33)25(4,5)6/h7-11H,1-6H3,(H,29,32)(H,30,33). The van der Waals surface area contributed by atoms with Gasteiger partial charge in [-0.3, -0.25) is 14.4 Å². The maximum Gasteiger partial charge on any atom is 0.231 e. The van der Waals surface area contributed by atoms with Gasteiger partial charge in [0.1, 0.15) is 17.2 Å². The van der Waals surface area contributed by atoms with Gasteiger partial charge in [-0.1, -0.05) is 41.5 Å². The fourth-order valence-corrected chi connectivity index (χ4v) is 2.91. The van der Waals surface area contributed by atoms with Crippen molar-refractivity contribution >= 4 is 34.2 Å². The van der Waals surface area contributed by atoms with Crippen molar-refractivity contribution in [1.29, 1.82) is 0 Å². The number of rotatable bonds is 3. The third-order valence-electron chi connectivity index (χ3n) is 5.03. The van der Waals surface area contributed by atoms with Crippen molar-refractivity contribution in [2.45, 2.75) is 41.5 Å². The van der Waals surface area contributed by atoms with Crippen LogP contribution in [-0.4, -0.2) is 11.8 Å². The van der Waals surface area contributed by atoms with Gasteiger partial charge in [0.2, 0.25) is 23.1 Å². The molecule has 180 valence electrons. The highest BCUT2D eigenvalue weighted by Gasteiger charge is 2.27. The van der Waals surface area contributed by atoms with E-state index in [9.17, 15) is 23.2 Å². The zero-order valence-electron chi connectivity index (χ0n) is 19.7. The Balaban J connectivity index is 2.11. The van der Waals surface area contributed by atoms with Gasteiger partial charge in [-0.05, 0) is 30.3 Å². The van der Waals surface area contributed by atoms with Crippen LogP contribution in [-0.2, 0) is 9.59 Å². The molecular weight excluding hydrogens is 449 g/mol. The van der Waals surface area contributed by atoms with Gasteiger partial charge in [-0.25, -0.2) is 8.78 Å². The van der Waals surface area contributed by atoms with Gasteiger partial charge in [0.15, 0.2) is 5.76 Å². The second-order valence-electron chi connectivity index (χ2n) is 9.97. The number of halogens is 3. The molecule has 0 saturated heterocycles. The Bertz CT molecular complexity index is 1370. The van der Waals surface area contributed by atoms with Crippen LogP contribution in [0.3, 0.4) is 0 Å². The summed E-state index contributed by atoms with van der Waals surface area (Å²) < 4.78 is 49.7. The molecule has 3 aromatic rings. The van der Waals surface area contributed by atoms with Crippen LogP contribution >= 0.6 is 0 Å². The molecule has 34 heavy (non-hydrogen) atoms. The Labute approximate surface area is 194 Å². The lowest BCUT2D eigenvalue weighted by Gasteiger charge is -2.19. The molecule has 1 heterocycles. The van der Waals surface area contributed by atoms with Gasteiger partial charge in [-0.15, -0.1) is 0 Å². The van der Waals surface area contributed by atoms with E-state index in [-0.39, 0.29) is 16.8 Å². The van der Waals surface area contributed by atoms with Gasteiger partial charge in [0.25, 0.3) is 0 Å². The van der Waals surface area contributed by atoms with Crippen LogP contribution in [0.2, 0.25) is 0 Å². The Morgan fingerprint density at radius 1 is 0.824 bits per heavy atom. The van der Waals surface area contributed by atoms with Crippen molar-refractivity contribution in [3.63, 3.8) is 0 Å². The van der Waals surface area contributed by atoms with Crippen LogP contribution in [0.15, 0.2) is 39.5 Å². The predicted octanol–water partition coefficient (Wildman–Crippen LogP) is 5.85. The quantitative estimate of drug-likeness (QED) is 0.499. The third kappa shape index (κ3) is 4.83. The number of hydrogen-bond donors (Lipinski definition) is 2. The number of hydrogen-bond acceptors (Lipinski definition) is 4. The molecule has 0 aliphatic rings. The van der Waals surface area contributed by atoms with E-state index >= 15 is 4.39 Å². The average molecular weight is 474 g/mol. The van der Waals surface area contributed by atoms with E-state index in [0.29, 0.717) is 0 Å². The van der Waals surface area contributed by atoms with Crippen LogP contribution in [0.4, 0.5) is 24.5 Å². The van der Waals surface area contributed by atoms with E-state index in [1.165, 1.54) is 12.1 Å². The summed E-state index contributed by atoms with van der Waals surface area (Å²) in [6.45, 7) is 9.76. The first-order valence-corrected chi connectivity index (χ1v) is 10.5. The molecule has 2 N–H and O–H groups in total. The molecule has 0 radical (unpaired) electrons. The van der Waals surface area contributed by atoms with E-state index in [0.717, 1.165) is 18.2 Å². The minimum atomic E-state index is -1.38. The summed E-state index contributed by atoms with van der Waals surface area (Å²) in [6.07, 6.45) is 0. The Morgan fingerprint density at radius 3 is 1.97 bits per heavy atom. The number of carbonyl (C=O) groups is 2. The molecule has 1 aromatic heterocycles. The molecule has 0 saturated carbocycles. The largest absolute Gasteiger partial charge is 0.453 e. The van der Waals surface area contributed by atoms with Gasteiger partial charge in [-0.2, -0.15) is 4.39 Å². The number of amides is 2. The van der Waals surface area contributed by atoms with Crippen LogP contribution in [0.5, 0.6) is 0 Å². The summed E-state index contributed by atoms with van der Waals surface area (Å²) in [5.41, 5.74) is -3.81. The van der Waals surface area contributed by atoms with E-state index in [2.05, 4.69) is 10.6 Å². The fourth-order valence-electron chi connectivity index (χ4n) is 2.91.